The Morgan fingerprint density at radius 3 is 2.63 bits per heavy atom. The largest absolute Gasteiger partial charge is 0.271 e. The molecule has 19 heavy (non-hydrogen) atoms. The summed E-state index contributed by atoms with van der Waals surface area (Å²) >= 11 is 0. The van der Waals surface area contributed by atoms with Gasteiger partial charge in [-0.1, -0.05) is 20.8 Å². The van der Waals surface area contributed by atoms with Crippen LogP contribution in [0.25, 0.3) is 16.9 Å². The van der Waals surface area contributed by atoms with Crippen molar-refractivity contribution in [2.45, 2.75) is 26.2 Å². The maximum absolute atomic E-state index is 4.44. The van der Waals surface area contributed by atoms with Gasteiger partial charge in [0.05, 0.1) is 17.6 Å². The molecule has 0 unspecified atom stereocenters. The number of nitrogens with zero attached hydrogens (tertiary/aromatic N) is 6. The van der Waals surface area contributed by atoms with Crippen LogP contribution < -0.4 is 0 Å². The molecule has 6 nitrogen and oxygen atoms in total. The maximum atomic E-state index is 4.44. The van der Waals surface area contributed by atoms with Crippen molar-refractivity contribution >= 4 is 5.65 Å². The van der Waals surface area contributed by atoms with Gasteiger partial charge in [0, 0.05) is 24.1 Å². The topological polar surface area (TPSA) is 60.9 Å². The zero-order valence-corrected chi connectivity index (χ0v) is 11.5. The third-order valence-corrected chi connectivity index (χ3v) is 3.10. The van der Waals surface area contributed by atoms with Gasteiger partial charge in [-0.25, -0.2) is 14.5 Å². The van der Waals surface area contributed by atoms with Crippen LogP contribution in [0.4, 0.5) is 0 Å². The normalized spacial score (nSPS) is 12.2. The fraction of sp³-hybridized carbons (Fsp3) is 0.385. The Balaban J connectivity index is 2.21. The van der Waals surface area contributed by atoms with E-state index < -0.39 is 0 Å². The molecular weight excluding hydrogens is 240 g/mol. The van der Waals surface area contributed by atoms with Crippen molar-refractivity contribution in [3.8, 4) is 11.3 Å². The molecule has 0 aromatic carbocycles. The first-order valence-corrected chi connectivity index (χ1v) is 6.15. The summed E-state index contributed by atoms with van der Waals surface area (Å²) in [6, 6.07) is 1.93. The average Bonchev–Trinajstić information content (AvgIpc) is 2.92. The van der Waals surface area contributed by atoms with Crippen molar-refractivity contribution in [3.05, 3.63) is 30.6 Å². The monoisotopic (exact) mass is 256 g/mol. The molecule has 3 rings (SSSR count). The van der Waals surface area contributed by atoms with Gasteiger partial charge in [0.25, 0.3) is 0 Å². The zero-order valence-electron chi connectivity index (χ0n) is 11.5. The predicted octanol–water partition coefficient (Wildman–Crippen LogP) is 1.82. The van der Waals surface area contributed by atoms with Crippen LogP contribution in [-0.2, 0) is 12.5 Å². The van der Waals surface area contributed by atoms with E-state index in [1.54, 1.807) is 10.8 Å². The van der Waals surface area contributed by atoms with E-state index in [1.807, 2.05) is 24.0 Å². The third-order valence-electron chi connectivity index (χ3n) is 3.10. The lowest BCUT2D eigenvalue weighted by molar-refractivity contribution is 0.524. The molecule has 0 atom stereocenters. The summed E-state index contributed by atoms with van der Waals surface area (Å²) < 4.78 is 3.56. The summed E-state index contributed by atoms with van der Waals surface area (Å²) in [5.41, 5.74) is 3.86. The Morgan fingerprint density at radius 1 is 1.11 bits per heavy atom. The van der Waals surface area contributed by atoms with Crippen molar-refractivity contribution in [1.82, 2.24) is 29.4 Å². The van der Waals surface area contributed by atoms with Crippen molar-refractivity contribution in [3.63, 3.8) is 0 Å². The van der Waals surface area contributed by atoms with Gasteiger partial charge in [-0.2, -0.15) is 10.2 Å². The minimum atomic E-state index is 0.00205. The lowest BCUT2D eigenvalue weighted by atomic mass is 9.88. The molecule has 6 heteroatoms. The Bertz CT molecular complexity index is 731. The van der Waals surface area contributed by atoms with Crippen molar-refractivity contribution in [1.29, 1.82) is 0 Å². The first-order valence-electron chi connectivity index (χ1n) is 6.15. The molecular formula is C13H16N6. The molecule has 0 aliphatic rings. The second-order valence-electron chi connectivity index (χ2n) is 5.62. The molecule has 3 aromatic heterocycles. The summed E-state index contributed by atoms with van der Waals surface area (Å²) in [4.78, 5) is 8.63. The van der Waals surface area contributed by atoms with Gasteiger partial charge in [-0.05, 0) is 0 Å². The van der Waals surface area contributed by atoms with Gasteiger partial charge in [0.15, 0.2) is 5.65 Å². The standard InChI is InChI=1S/C13H16N6/c1-13(2,3)12-9(6-16-18(12)4)10-5-11-14-7-17-19(11)8-15-10/h5-8H,1-4H3. The Hall–Kier alpha value is -2.24. The minimum absolute atomic E-state index is 0.00205. The third kappa shape index (κ3) is 1.89. The highest BCUT2D eigenvalue weighted by molar-refractivity contribution is 5.65. The molecule has 3 aromatic rings. The van der Waals surface area contributed by atoms with E-state index in [0.717, 1.165) is 22.6 Å². The quantitative estimate of drug-likeness (QED) is 0.666. The second kappa shape index (κ2) is 3.88. The second-order valence-corrected chi connectivity index (χ2v) is 5.62. The molecule has 0 spiro atoms. The van der Waals surface area contributed by atoms with Crippen LogP contribution in [0, 0.1) is 0 Å². The fourth-order valence-electron chi connectivity index (χ4n) is 2.39. The van der Waals surface area contributed by atoms with E-state index in [0.29, 0.717) is 0 Å². The maximum Gasteiger partial charge on any atom is 0.159 e. The first kappa shape index (κ1) is 11.8. The van der Waals surface area contributed by atoms with Crippen molar-refractivity contribution in [2.24, 2.45) is 7.05 Å². The van der Waals surface area contributed by atoms with Gasteiger partial charge >= 0.3 is 0 Å². The Morgan fingerprint density at radius 2 is 1.89 bits per heavy atom. The summed E-state index contributed by atoms with van der Waals surface area (Å²) in [5, 5.41) is 8.41. The van der Waals surface area contributed by atoms with E-state index in [2.05, 4.69) is 40.9 Å². The van der Waals surface area contributed by atoms with Crippen LogP contribution in [-0.4, -0.2) is 29.4 Å². The highest BCUT2D eigenvalue weighted by Crippen LogP contribution is 2.31. The van der Waals surface area contributed by atoms with Crippen LogP contribution in [0.3, 0.4) is 0 Å². The summed E-state index contributed by atoms with van der Waals surface area (Å²) in [5.74, 6) is 0. The molecule has 3 heterocycles. The zero-order chi connectivity index (χ0) is 13.6. The van der Waals surface area contributed by atoms with Crippen LogP contribution in [0.5, 0.6) is 0 Å². The number of aryl methyl sites for hydroxylation is 1. The van der Waals surface area contributed by atoms with Crippen molar-refractivity contribution in [2.75, 3.05) is 0 Å². The molecule has 0 bridgehead atoms. The van der Waals surface area contributed by atoms with Gasteiger partial charge in [0.1, 0.15) is 12.7 Å². The number of hydrogen-bond donors (Lipinski definition) is 0. The highest BCUT2D eigenvalue weighted by Gasteiger charge is 2.24. The van der Waals surface area contributed by atoms with Gasteiger partial charge in [-0.15, -0.1) is 0 Å². The Kier molecular flexibility index (Phi) is 2.41. The van der Waals surface area contributed by atoms with E-state index in [4.69, 9.17) is 0 Å². The number of fused-ring (bicyclic) bond motifs is 1. The molecule has 0 radical (unpaired) electrons. The molecule has 0 aliphatic carbocycles. The van der Waals surface area contributed by atoms with E-state index in [9.17, 15) is 0 Å². The van der Waals surface area contributed by atoms with Crippen LogP contribution in [0.1, 0.15) is 26.5 Å². The van der Waals surface area contributed by atoms with E-state index in [-0.39, 0.29) is 5.41 Å². The van der Waals surface area contributed by atoms with Crippen LogP contribution in [0.15, 0.2) is 24.9 Å². The molecule has 0 N–H and O–H groups in total. The fourth-order valence-corrected chi connectivity index (χ4v) is 2.39. The molecule has 0 fully saturated rings. The van der Waals surface area contributed by atoms with Crippen molar-refractivity contribution < 1.29 is 0 Å². The summed E-state index contributed by atoms with van der Waals surface area (Å²) in [6.45, 7) is 6.51. The molecule has 0 amide bonds. The molecule has 0 saturated carbocycles. The highest BCUT2D eigenvalue weighted by atomic mass is 15.3. The number of hydrogen-bond acceptors (Lipinski definition) is 4. The van der Waals surface area contributed by atoms with Gasteiger partial charge in [-0.3, -0.25) is 4.68 Å². The lowest BCUT2D eigenvalue weighted by Crippen LogP contribution is -2.17. The van der Waals surface area contributed by atoms with Gasteiger partial charge in [0.2, 0.25) is 0 Å². The molecule has 0 saturated heterocycles. The van der Waals surface area contributed by atoms with E-state index >= 15 is 0 Å². The lowest BCUT2D eigenvalue weighted by Gasteiger charge is -2.20. The SMILES string of the molecule is Cn1ncc(-c2cc3ncnn3cn2)c1C(C)(C)C. The molecule has 0 aliphatic heterocycles. The Labute approximate surface area is 111 Å². The predicted molar refractivity (Wildman–Crippen MR) is 71.7 cm³/mol. The average molecular weight is 256 g/mol. The van der Waals surface area contributed by atoms with E-state index in [1.165, 1.54) is 6.33 Å². The number of rotatable bonds is 1. The minimum Gasteiger partial charge on any atom is -0.271 e. The first-order chi connectivity index (χ1) is 8.97. The van der Waals surface area contributed by atoms with Crippen LogP contribution in [0.2, 0.25) is 0 Å². The molecule has 98 valence electrons. The smallest absolute Gasteiger partial charge is 0.159 e. The summed E-state index contributed by atoms with van der Waals surface area (Å²) in [7, 11) is 1.96. The number of aromatic nitrogens is 6. The van der Waals surface area contributed by atoms with Crippen LogP contribution >= 0.6 is 0 Å². The van der Waals surface area contributed by atoms with Gasteiger partial charge < -0.3 is 0 Å². The summed E-state index contributed by atoms with van der Waals surface area (Å²) in [6.07, 6.45) is 5.06.